The van der Waals surface area contributed by atoms with E-state index < -0.39 is 8.07 Å². The van der Waals surface area contributed by atoms with E-state index in [2.05, 4.69) is 55.9 Å². The zero-order valence-corrected chi connectivity index (χ0v) is 17.9. The van der Waals surface area contributed by atoms with Crippen molar-refractivity contribution in [1.82, 2.24) is 20.2 Å². The Bertz CT molecular complexity index is 523. The Morgan fingerprint density at radius 1 is 1.33 bits per heavy atom. The third-order valence-corrected chi connectivity index (χ3v) is 6.38. The molecule has 0 aliphatic heterocycles. The molecule has 138 valence electrons. The summed E-state index contributed by atoms with van der Waals surface area (Å²) in [5, 5.41) is 12.1. The number of carbonyl (C=O) groups is 1. The van der Waals surface area contributed by atoms with Crippen LogP contribution in [0, 0.1) is 11.3 Å². The minimum Gasteiger partial charge on any atom is -0.359 e. The van der Waals surface area contributed by atoms with Crippen LogP contribution in [0.5, 0.6) is 0 Å². The van der Waals surface area contributed by atoms with Crippen molar-refractivity contribution in [2.75, 3.05) is 12.4 Å². The van der Waals surface area contributed by atoms with Gasteiger partial charge in [0.15, 0.2) is 10.9 Å². The lowest BCUT2D eigenvalue weighted by molar-refractivity contribution is -0.117. The molecule has 1 aromatic rings. The van der Waals surface area contributed by atoms with E-state index in [0.717, 1.165) is 18.4 Å². The van der Waals surface area contributed by atoms with Gasteiger partial charge in [-0.25, -0.2) is 4.68 Å². The van der Waals surface area contributed by atoms with Crippen molar-refractivity contribution in [2.45, 2.75) is 66.5 Å². The second kappa shape index (κ2) is 9.10. The van der Waals surface area contributed by atoms with Crippen molar-refractivity contribution in [1.29, 1.82) is 0 Å². The summed E-state index contributed by atoms with van der Waals surface area (Å²) in [6.07, 6.45) is 0.541. The van der Waals surface area contributed by atoms with Gasteiger partial charge in [-0.05, 0) is 27.6 Å². The number of rotatable bonds is 9. The molecule has 0 amide bonds. The van der Waals surface area contributed by atoms with Crippen LogP contribution >= 0.6 is 11.8 Å². The summed E-state index contributed by atoms with van der Waals surface area (Å²) in [6.45, 7) is 16.3. The van der Waals surface area contributed by atoms with E-state index in [1.165, 1.54) is 11.8 Å². The fourth-order valence-electron chi connectivity index (χ4n) is 2.17. The first kappa shape index (κ1) is 21.3. The molecule has 0 fully saturated rings. The molecule has 0 saturated carbocycles. The normalized spacial score (nSPS) is 14.0. The zero-order chi connectivity index (χ0) is 18.4. The number of ether oxygens (including phenoxy) is 1. The molecule has 8 heteroatoms. The molecule has 0 spiro atoms. The maximum absolute atomic E-state index is 12.5. The number of hydrogen-bond acceptors (Lipinski definition) is 6. The average Bonchev–Trinajstić information content (AvgIpc) is 2.86. The van der Waals surface area contributed by atoms with Gasteiger partial charge in [0.05, 0.1) is 0 Å². The van der Waals surface area contributed by atoms with E-state index in [4.69, 9.17) is 4.74 Å². The van der Waals surface area contributed by atoms with Crippen molar-refractivity contribution in [3.63, 3.8) is 0 Å². The molecule has 0 aliphatic rings. The maximum atomic E-state index is 12.5. The topological polar surface area (TPSA) is 69.9 Å². The molecule has 6 nitrogen and oxygen atoms in total. The number of thioether (sulfide) groups is 1. The fraction of sp³-hybridized carbons (Fsp3) is 0.875. The quantitative estimate of drug-likeness (QED) is 0.488. The van der Waals surface area contributed by atoms with Crippen molar-refractivity contribution < 1.29 is 9.53 Å². The monoisotopic (exact) mass is 372 g/mol. The van der Waals surface area contributed by atoms with Crippen LogP contribution in [0.25, 0.3) is 0 Å². The summed E-state index contributed by atoms with van der Waals surface area (Å²) in [7, 11) is -1.10. The smallest absolute Gasteiger partial charge is 0.192 e. The lowest BCUT2D eigenvalue weighted by atomic mass is 9.79. The van der Waals surface area contributed by atoms with Gasteiger partial charge in [-0.1, -0.05) is 59.1 Å². The van der Waals surface area contributed by atoms with Crippen LogP contribution in [-0.4, -0.2) is 45.8 Å². The summed E-state index contributed by atoms with van der Waals surface area (Å²) in [6, 6.07) is 1.11. The number of carbonyl (C=O) groups excluding carboxylic acids is 1. The molecule has 1 heterocycles. The Kier molecular flexibility index (Phi) is 8.08. The van der Waals surface area contributed by atoms with Gasteiger partial charge in [-0.2, -0.15) is 0 Å². The summed E-state index contributed by atoms with van der Waals surface area (Å²) in [5.74, 6) is 1.39. The van der Waals surface area contributed by atoms with Crippen LogP contribution in [0.1, 0.15) is 33.5 Å². The molecule has 0 bridgehead atoms. The van der Waals surface area contributed by atoms with Gasteiger partial charge < -0.3 is 4.74 Å². The molecule has 0 aliphatic carbocycles. The van der Waals surface area contributed by atoms with E-state index in [1.807, 2.05) is 6.92 Å². The first-order valence-corrected chi connectivity index (χ1v) is 13.2. The standard InChI is InChI=1S/C16H32N4O2SSi/c1-8-23-15(21)13(16(2,3)4)11-14-17-18-19-20(14)12-22-9-10-24(5,6)7/h13H,8-12H2,1-7H3. The highest BCUT2D eigenvalue weighted by atomic mass is 32.2. The predicted octanol–water partition coefficient (Wildman–Crippen LogP) is 3.47. The highest BCUT2D eigenvalue weighted by molar-refractivity contribution is 8.13. The second-order valence-electron chi connectivity index (χ2n) is 8.32. The van der Waals surface area contributed by atoms with Crippen LogP contribution < -0.4 is 0 Å². The van der Waals surface area contributed by atoms with Gasteiger partial charge in [0, 0.05) is 27.0 Å². The first-order chi connectivity index (χ1) is 11.0. The summed E-state index contributed by atoms with van der Waals surface area (Å²) in [5.41, 5.74) is -0.130. The molecule has 1 atom stereocenters. The SMILES string of the molecule is CCSC(=O)C(Cc1nnnn1COCC[Si](C)(C)C)C(C)(C)C. The van der Waals surface area contributed by atoms with E-state index >= 15 is 0 Å². The van der Waals surface area contributed by atoms with E-state index in [-0.39, 0.29) is 16.4 Å². The van der Waals surface area contributed by atoms with Crippen molar-refractivity contribution in [3.05, 3.63) is 5.82 Å². The van der Waals surface area contributed by atoms with Gasteiger partial charge >= 0.3 is 0 Å². The molecule has 1 unspecified atom stereocenters. The second-order valence-corrected chi connectivity index (χ2v) is 15.2. The predicted molar refractivity (Wildman–Crippen MR) is 102 cm³/mol. The maximum Gasteiger partial charge on any atom is 0.192 e. The highest BCUT2D eigenvalue weighted by Gasteiger charge is 2.33. The minimum atomic E-state index is -1.10. The molecule has 1 rings (SSSR count). The van der Waals surface area contributed by atoms with Crippen molar-refractivity contribution in [3.8, 4) is 0 Å². The number of aromatic nitrogens is 4. The molecule has 0 saturated heterocycles. The Labute approximate surface area is 151 Å². The van der Waals surface area contributed by atoms with Crippen LogP contribution in [0.15, 0.2) is 0 Å². The summed E-state index contributed by atoms with van der Waals surface area (Å²) >= 11 is 1.37. The Morgan fingerprint density at radius 3 is 2.54 bits per heavy atom. The summed E-state index contributed by atoms with van der Waals surface area (Å²) < 4.78 is 7.41. The molecule has 0 aromatic carbocycles. The molecule has 24 heavy (non-hydrogen) atoms. The molecular weight excluding hydrogens is 340 g/mol. The fourth-order valence-corrected chi connectivity index (χ4v) is 3.85. The number of hydrogen-bond donors (Lipinski definition) is 0. The molecular formula is C16H32N4O2SSi. The molecule has 0 N–H and O–H groups in total. The largest absolute Gasteiger partial charge is 0.359 e. The number of tetrazole rings is 1. The van der Waals surface area contributed by atoms with Crippen LogP contribution in [0.4, 0.5) is 0 Å². The number of nitrogens with zero attached hydrogens (tertiary/aromatic N) is 4. The van der Waals surface area contributed by atoms with E-state index in [0.29, 0.717) is 19.0 Å². The zero-order valence-electron chi connectivity index (χ0n) is 16.1. The Hall–Kier alpha value is -0.733. The van der Waals surface area contributed by atoms with Gasteiger partial charge in [-0.3, -0.25) is 4.79 Å². The van der Waals surface area contributed by atoms with Gasteiger partial charge in [0.25, 0.3) is 0 Å². The van der Waals surface area contributed by atoms with Crippen LogP contribution in [0.3, 0.4) is 0 Å². The third-order valence-electron chi connectivity index (χ3n) is 3.82. The van der Waals surface area contributed by atoms with Gasteiger partial charge in [-0.15, -0.1) is 5.10 Å². The lowest BCUT2D eigenvalue weighted by Gasteiger charge is -2.28. The molecule has 1 aromatic heterocycles. The van der Waals surface area contributed by atoms with E-state index in [9.17, 15) is 4.79 Å². The first-order valence-electron chi connectivity index (χ1n) is 8.54. The van der Waals surface area contributed by atoms with Gasteiger partial charge in [0.1, 0.15) is 6.73 Å². The third kappa shape index (κ3) is 7.44. The van der Waals surface area contributed by atoms with Crippen molar-refractivity contribution in [2.24, 2.45) is 11.3 Å². The average molecular weight is 373 g/mol. The van der Waals surface area contributed by atoms with Crippen LogP contribution in [0.2, 0.25) is 25.7 Å². The Balaban J connectivity index is 2.70. The van der Waals surface area contributed by atoms with E-state index in [1.54, 1.807) is 4.68 Å². The summed E-state index contributed by atoms with van der Waals surface area (Å²) in [4.78, 5) is 12.5. The van der Waals surface area contributed by atoms with Gasteiger partial charge in [0.2, 0.25) is 0 Å². The Morgan fingerprint density at radius 2 is 2.00 bits per heavy atom. The van der Waals surface area contributed by atoms with Crippen molar-refractivity contribution >= 4 is 25.0 Å². The lowest BCUT2D eigenvalue weighted by Crippen LogP contribution is -2.30. The molecule has 0 radical (unpaired) electrons. The highest BCUT2D eigenvalue weighted by Crippen LogP contribution is 2.32. The minimum absolute atomic E-state index is 0.116. The van der Waals surface area contributed by atoms with Crippen LogP contribution in [-0.2, 0) is 22.7 Å².